The van der Waals surface area contributed by atoms with E-state index in [1.54, 1.807) is 6.07 Å². The minimum absolute atomic E-state index is 0.00586. The molecule has 0 aromatic heterocycles. The fourth-order valence-corrected chi connectivity index (χ4v) is 1.43. The van der Waals surface area contributed by atoms with E-state index >= 15 is 0 Å². The summed E-state index contributed by atoms with van der Waals surface area (Å²) in [7, 11) is 0. The molecule has 0 heterocycles. The van der Waals surface area contributed by atoms with Gasteiger partial charge in [0.15, 0.2) is 6.61 Å². The van der Waals surface area contributed by atoms with Crippen LogP contribution >= 0.6 is 0 Å². The third-order valence-corrected chi connectivity index (χ3v) is 2.26. The maximum atomic E-state index is 12.1. The molecule has 0 spiro atoms. The second-order valence-electron chi connectivity index (χ2n) is 4.12. The molecule has 0 unspecified atom stereocenters. The molecule has 0 bridgehead atoms. The maximum absolute atomic E-state index is 12.1. The van der Waals surface area contributed by atoms with Crippen molar-refractivity contribution in [1.82, 2.24) is 5.32 Å². The van der Waals surface area contributed by atoms with Crippen molar-refractivity contribution in [2.75, 3.05) is 25.0 Å². The zero-order valence-corrected chi connectivity index (χ0v) is 11.1. The van der Waals surface area contributed by atoms with E-state index in [0.29, 0.717) is 6.54 Å². The van der Waals surface area contributed by atoms with Crippen molar-refractivity contribution in [3.63, 3.8) is 0 Å². The number of ether oxygens (including phenoxy) is 1. The molecule has 0 radical (unpaired) electrons. The van der Waals surface area contributed by atoms with E-state index in [4.69, 9.17) is 0 Å². The van der Waals surface area contributed by atoms with E-state index in [1.165, 1.54) is 18.2 Å². The van der Waals surface area contributed by atoms with Gasteiger partial charge >= 0.3 is 6.18 Å². The van der Waals surface area contributed by atoms with Gasteiger partial charge in [0.25, 0.3) is 0 Å². The highest BCUT2D eigenvalue weighted by atomic mass is 19.4. The number of halogens is 3. The number of para-hydroxylation sites is 2. The van der Waals surface area contributed by atoms with Crippen LogP contribution in [-0.2, 0) is 4.79 Å². The molecule has 1 amide bonds. The van der Waals surface area contributed by atoms with Gasteiger partial charge in [-0.3, -0.25) is 4.79 Å². The van der Waals surface area contributed by atoms with Crippen LogP contribution in [0.1, 0.15) is 13.3 Å². The van der Waals surface area contributed by atoms with Gasteiger partial charge in [0, 0.05) is 0 Å². The van der Waals surface area contributed by atoms with Crippen LogP contribution in [0, 0.1) is 0 Å². The average molecular weight is 290 g/mol. The van der Waals surface area contributed by atoms with Crippen LogP contribution in [0.5, 0.6) is 5.75 Å². The Morgan fingerprint density at radius 2 is 2.00 bits per heavy atom. The standard InChI is InChI=1S/C13H17F3N2O2/c1-2-7-17-8-12(19)18-10-5-3-4-6-11(10)20-9-13(14,15)16/h3-6,17H,2,7-9H2,1H3,(H,18,19). The largest absolute Gasteiger partial charge is 0.482 e. The molecule has 20 heavy (non-hydrogen) atoms. The molecule has 0 saturated heterocycles. The molecule has 0 aliphatic heterocycles. The summed E-state index contributed by atoms with van der Waals surface area (Å²) in [6, 6.07) is 6.01. The van der Waals surface area contributed by atoms with Crippen molar-refractivity contribution >= 4 is 11.6 Å². The predicted octanol–water partition coefficient (Wildman–Crippen LogP) is 2.57. The third-order valence-electron chi connectivity index (χ3n) is 2.26. The number of amides is 1. The molecule has 112 valence electrons. The Bertz CT molecular complexity index is 436. The first kappa shape index (κ1) is 16.3. The van der Waals surface area contributed by atoms with Crippen molar-refractivity contribution in [3.05, 3.63) is 24.3 Å². The van der Waals surface area contributed by atoms with Crippen LogP contribution in [0.2, 0.25) is 0 Å². The molecule has 1 aromatic carbocycles. The van der Waals surface area contributed by atoms with Crippen molar-refractivity contribution in [2.24, 2.45) is 0 Å². The number of hydrogen-bond donors (Lipinski definition) is 2. The van der Waals surface area contributed by atoms with Gasteiger partial charge in [-0.25, -0.2) is 0 Å². The molecular weight excluding hydrogens is 273 g/mol. The molecule has 0 aliphatic carbocycles. The topological polar surface area (TPSA) is 50.4 Å². The third kappa shape index (κ3) is 6.42. The summed E-state index contributed by atoms with van der Waals surface area (Å²) >= 11 is 0. The number of rotatable bonds is 7. The van der Waals surface area contributed by atoms with Gasteiger partial charge in [-0.1, -0.05) is 19.1 Å². The smallest absolute Gasteiger partial charge is 0.422 e. The molecular formula is C13H17F3N2O2. The van der Waals surface area contributed by atoms with Gasteiger partial charge in [0.1, 0.15) is 5.75 Å². The second kappa shape index (κ2) is 7.74. The quantitative estimate of drug-likeness (QED) is 0.759. The summed E-state index contributed by atoms with van der Waals surface area (Å²) in [5, 5.41) is 5.41. The minimum atomic E-state index is -4.42. The van der Waals surface area contributed by atoms with Gasteiger partial charge in [-0.15, -0.1) is 0 Å². The van der Waals surface area contributed by atoms with E-state index in [-0.39, 0.29) is 23.9 Å². The van der Waals surface area contributed by atoms with Gasteiger partial charge in [0.2, 0.25) is 5.91 Å². The number of carbonyl (C=O) groups excluding carboxylic acids is 1. The first-order chi connectivity index (χ1) is 9.42. The summed E-state index contributed by atoms with van der Waals surface area (Å²) in [6.45, 7) is 1.36. The Labute approximate surface area is 115 Å². The van der Waals surface area contributed by atoms with Crippen LogP contribution < -0.4 is 15.4 Å². The summed E-state index contributed by atoms with van der Waals surface area (Å²) in [4.78, 5) is 11.6. The van der Waals surface area contributed by atoms with Crippen LogP contribution in [-0.4, -0.2) is 31.8 Å². The van der Waals surface area contributed by atoms with Crippen LogP contribution in [0.15, 0.2) is 24.3 Å². The molecule has 0 saturated carbocycles. The summed E-state index contributed by atoms with van der Waals surface area (Å²) in [6.07, 6.45) is -3.53. The first-order valence-corrected chi connectivity index (χ1v) is 6.21. The highest BCUT2D eigenvalue weighted by Gasteiger charge is 2.28. The molecule has 0 atom stereocenters. The van der Waals surface area contributed by atoms with Crippen LogP contribution in [0.4, 0.5) is 18.9 Å². The Balaban J connectivity index is 2.58. The summed E-state index contributed by atoms with van der Waals surface area (Å²) < 4.78 is 41.0. The molecule has 4 nitrogen and oxygen atoms in total. The molecule has 1 rings (SSSR count). The number of nitrogens with one attached hydrogen (secondary N) is 2. The zero-order valence-electron chi connectivity index (χ0n) is 11.1. The van der Waals surface area contributed by atoms with Crippen LogP contribution in [0.3, 0.4) is 0 Å². The number of anilines is 1. The Morgan fingerprint density at radius 3 is 2.65 bits per heavy atom. The Hall–Kier alpha value is -1.76. The SMILES string of the molecule is CCCNCC(=O)Nc1ccccc1OCC(F)(F)F. The lowest BCUT2D eigenvalue weighted by Gasteiger charge is -2.13. The second-order valence-corrected chi connectivity index (χ2v) is 4.12. The van der Waals surface area contributed by atoms with E-state index in [9.17, 15) is 18.0 Å². The van der Waals surface area contributed by atoms with Gasteiger partial charge < -0.3 is 15.4 Å². The Kier molecular flexibility index (Phi) is 6.30. The number of hydrogen-bond acceptors (Lipinski definition) is 3. The number of benzene rings is 1. The molecule has 1 aromatic rings. The first-order valence-electron chi connectivity index (χ1n) is 6.21. The van der Waals surface area contributed by atoms with Crippen LogP contribution in [0.25, 0.3) is 0 Å². The van der Waals surface area contributed by atoms with Crippen molar-refractivity contribution in [1.29, 1.82) is 0 Å². The molecule has 0 aliphatic rings. The molecule has 0 fully saturated rings. The van der Waals surface area contributed by atoms with Gasteiger partial charge in [-0.2, -0.15) is 13.2 Å². The lowest BCUT2D eigenvalue weighted by atomic mass is 10.3. The van der Waals surface area contributed by atoms with Crippen molar-refractivity contribution in [3.8, 4) is 5.75 Å². The molecule has 7 heteroatoms. The number of carbonyl (C=O) groups is 1. The monoisotopic (exact) mass is 290 g/mol. The number of alkyl halides is 3. The lowest BCUT2D eigenvalue weighted by Crippen LogP contribution is -2.28. The zero-order chi connectivity index (χ0) is 15.0. The van der Waals surface area contributed by atoms with E-state index in [2.05, 4.69) is 15.4 Å². The van der Waals surface area contributed by atoms with E-state index < -0.39 is 12.8 Å². The maximum Gasteiger partial charge on any atom is 0.422 e. The fourth-order valence-electron chi connectivity index (χ4n) is 1.43. The van der Waals surface area contributed by atoms with Crippen molar-refractivity contribution in [2.45, 2.75) is 19.5 Å². The normalized spacial score (nSPS) is 11.2. The highest BCUT2D eigenvalue weighted by Crippen LogP contribution is 2.26. The Morgan fingerprint density at radius 1 is 1.30 bits per heavy atom. The average Bonchev–Trinajstić information content (AvgIpc) is 2.37. The van der Waals surface area contributed by atoms with Gasteiger partial charge in [-0.05, 0) is 25.1 Å². The highest BCUT2D eigenvalue weighted by molar-refractivity contribution is 5.93. The fraction of sp³-hybridized carbons (Fsp3) is 0.462. The van der Waals surface area contributed by atoms with Crippen molar-refractivity contribution < 1.29 is 22.7 Å². The van der Waals surface area contributed by atoms with Gasteiger partial charge in [0.05, 0.1) is 12.2 Å². The summed E-state index contributed by atoms with van der Waals surface area (Å²) in [5.74, 6) is -0.338. The predicted molar refractivity (Wildman–Crippen MR) is 69.8 cm³/mol. The van der Waals surface area contributed by atoms with E-state index in [0.717, 1.165) is 6.42 Å². The minimum Gasteiger partial charge on any atom is -0.482 e. The lowest BCUT2D eigenvalue weighted by molar-refractivity contribution is -0.153. The summed E-state index contributed by atoms with van der Waals surface area (Å²) in [5.41, 5.74) is 0.222. The molecule has 2 N–H and O–H groups in total. The van der Waals surface area contributed by atoms with E-state index in [1.807, 2.05) is 6.92 Å².